The zero-order valence-electron chi connectivity index (χ0n) is 13.7. The van der Waals surface area contributed by atoms with E-state index in [2.05, 4.69) is 0 Å². The molecule has 2 fully saturated rings. The molecule has 3 rings (SSSR count). The molecule has 0 bridgehead atoms. The van der Waals surface area contributed by atoms with E-state index in [1.165, 1.54) is 14.0 Å². The molecule has 0 aliphatic carbocycles. The number of methoxy groups -OCH3 is 1. The standard InChI is InChI=1S/C14H17O5.C2H4O2.Hg/c1-16-12-7-10(15)13-11(18-12)8-17-14(19-13)9-5-3-2-4-6-9;1-2(3)4;/h2-7,10-15H,8H2,1H3;1H3,(H,3,4);/q;;+1/p-1/t10-,11+,12-,13-,14?;;/m0../s1. The van der Waals surface area contributed by atoms with Crippen molar-refractivity contribution in [1.29, 1.82) is 0 Å². The third kappa shape index (κ3) is 3.97. The molecule has 2 aliphatic heterocycles. The van der Waals surface area contributed by atoms with Crippen LogP contribution in [0.1, 0.15) is 18.8 Å². The minimum atomic E-state index is -2.22. The van der Waals surface area contributed by atoms with Crippen LogP contribution in [-0.2, 0) is 51.4 Å². The molecule has 8 heteroatoms. The Kier molecular flexibility index (Phi) is 6.23. The Morgan fingerprint density at radius 2 is 2.04 bits per heavy atom. The number of carbonyl (C=O) groups excluding carboxylic acids is 1. The van der Waals surface area contributed by atoms with E-state index in [1.54, 1.807) is 0 Å². The summed E-state index contributed by atoms with van der Waals surface area (Å²) in [5.74, 6) is -0.323. The SMILES string of the molecule is CO[C@H]1O[C@@H]2COC(c3ccccc3)O[C@H]2[C@@H](O)[C@@H]1[Hg][O]C(C)=O. The van der Waals surface area contributed by atoms with Gasteiger partial charge < -0.3 is 0 Å². The number of hydrogen-bond donors (Lipinski definition) is 1. The zero-order chi connectivity index (χ0) is 17.1. The molecule has 0 aromatic heterocycles. The first-order chi connectivity index (χ1) is 11.6. The van der Waals surface area contributed by atoms with Crippen molar-refractivity contribution in [2.24, 2.45) is 0 Å². The van der Waals surface area contributed by atoms with Crippen LogP contribution in [0.3, 0.4) is 0 Å². The molecule has 24 heavy (non-hydrogen) atoms. The van der Waals surface area contributed by atoms with Crippen LogP contribution in [-0.4, -0.2) is 49.4 Å². The molecule has 1 aromatic carbocycles. The number of fused-ring (bicyclic) bond motifs is 1. The fourth-order valence-electron chi connectivity index (χ4n) is 3.05. The maximum absolute atomic E-state index is 11.1. The Balaban J connectivity index is 1.72. The molecule has 2 aliphatic rings. The van der Waals surface area contributed by atoms with Gasteiger partial charge in [0, 0.05) is 0 Å². The second-order valence-corrected chi connectivity index (χ2v) is 12.0. The molecule has 0 saturated carbocycles. The van der Waals surface area contributed by atoms with Gasteiger partial charge in [-0.2, -0.15) is 0 Å². The van der Waals surface area contributed by atoms with Gasteiger partial charge in [0.25, 0.3) is 0 Å². The summed E-state index contributed by atoms with van der Waals surface area (Å²) >= 11 is -2.22. The first-order valence-electron chi connectivity index (χ1n) is 7.92. The van der Waals surface area contributed by atoms with E-state index in [9.17, 15) is 9.90 Å². The van der Waals surface area contributed by atoms with E-state index in [0.29, 0.717) is 6.61 Å². The fraction of sp³-hybridized carbons (Fsp3) is 0.562. The first-order valence-corrected chi connectivity index (χ1v) is 13.3. The van der Waals surface area contributed by atoms with Crippen LogP contribution in [0.5, 0.6) is 0 Å². The van der Waals surface area contributed by atoms with E-state index in [1.807, 2.05) is 30.3 Å². The summed E-state index contributed by atoms with van der Waals surface area (Å²) in [5.41, 5.74) is 0.887. The molecule has 2 saturated heterocycles. The number of ether oxygens (including phenoxy) is 4. The van der Waals surface area contributed by atoms with Crippen LogP contribution in [0, 0.1) is 0 Å². The van der Waals surface area contributed by atoms with Crippen LogP contribution in [0.25, 0.3) is 0 Å². The predicted octanol–water partition coefficient (Wildman–Crippen LogP) is 1.18. The molecule has 128 valence electrons. The first kappa shape index (κ1) is 18.2. The summed E-state index contributed by atoms with van der Waals surface area (Å²) in [6.45, 7) is 1.68. The topological polar surface area (TPSA) is 83.5 Å². The van der Waals surface area contributed by atoms with Crippen molar-refractivity contribution in [3.8, 4) is 0 Å². The average molecular weight is 525 g/mol. The number of aliphatic hydroxyl groups excluding tert-OH is 1. The van der Waals surface area contributed by atoms with Crippen molar-refractivity contribution in [2.45, 2.75) is 41.2 Å². The quantitative estimate of drug-likeness (QED) is 0.592. The Hall–Kier alpha value is -0.575. The van der Waals surface area contributed by atoms with E-state index in [4.69, 9.17) is 21.6 Å². The monoisotopic (exact) mass is 526 g/mol. The molecule has 1 aromatic rings. The maximum atomic E-state index is 11.1. The second kappa shape index (κ2) is 8.20. The van der Waals surface area contributed by atoms with Crippen LogP contribution in [0.15, 0.2) is 30.3 Å². The number of rotatable bonds is 4. The van der Waals surface area contributed by atoms with Crippen molar-refractivity contribution >= 4 is 5.97 Å². The molecule has 7 nitrogen and oxygen atoms in total. The molecule has 1 unspecified atom stereocenters. The third-order valence-corrected chi connectivity index (χ3v) is 11.4. The molecule has 0 amide bonds. The van der Waals surface area contributed by atoms with Gasteiger partial charge in [-0.1, -0.05) is 0 Å². The average Bonchev–Trinajstić information content (AvgIpc) is 2.61. The van der Waals surface area contributed by atoms with E-state index in [-0.39, 0.29) is 9.40 Å². The molecule has 2 heterocycles. The fourth-order valence-corrected chi connectivity index (χ4v) is 8.31. The van der Waals surface area contributed by atoms with Crippen molar-refractivity contribution in [3.05, 3.63) is 35.9 Å². The van der Waals surface area contributed by atoms with Crippen molar-refractivity contribution in [1.82, 2.24) is 0 Å². The summed E-state index contributed by atoms with van der Waals surface area (Å²) in [6.07, 6.45) is -2.88. The van der Waals surface area contributed by atoms with Gasteiger partial charge in [-0.05, 0) is 0 Å². The predicted molar refractivity (Wildman–Crippen MR) is 77.2 cm³/mol. The number of carbonyl (C=O) groups is 1. The molecular formula is C16H20HgO7. The van der Waals surface area contributed by atoms with Gasteiger partial charge in [-0.3, -0.25) is 0 Å². The molecule has 6 atom stereocenters. The van der Waals surface area contributed by atoms with Crippen molar-refractivity contribution in [2.75, 3.05) is 13.7 Å². The van der Waals surface area contributed by atoms with Gasteiger partial charge in [0.05, 0.1) is 0 Å². The van der Waals surface area contributed by atoms with Gasteiger partial charge in [0.1, 0.15) is 0 Å². The molecule has 0 radical (unpaired) electrons. The van der Waals surface area contributed by atoms with Crippen LogP contribution in [0.2, 0.25) is 3.43 Å². The Bertz CT molecular complexity index is 555. The summed E-state index contributed by atoms with van der Waals surface area (Å²) in [5, 5.41) is 10.8. The van der Waals surface area contributed by atoms with Crippen LogP contribution < -0.4 is 0 Å². The summed E-state index contributed by atoms with van der Waals surface area (Å²) < 4.78 is 27.8. The van der Waals surface area contributed by atoms with Gasteiger partial charge in [0.15, 0.2) is 0 Å². The summed E-state index contributed by atoms with van der Waals surface area (Å²) in [6, 6.07) is 9.55. The van der Waals surface area contributed by atoms with Gasteiger partial charge in [-0.25, -0.2) is 0 Å². The molecular weight excluding hydrogens is 505 g/mol. The van der Waals surface area contributed by atoms with Crippen LogP contribution >= 0.6 is 0 Å². The Morgan fingerprint density at radius 3 is 2.71 bits per heavy atom. The number of hydrogen-bond acceptors (Lipinski definition) is 7. The number of benzene rings is 1. The zero-order valence-corrected chi connectivity index (χ0v) is 19.2. The van der Waals surface area contributed by atoms with E-state index in [0.717, 1.165) is 5.56 Å². The van der Waals surface area contributed by atoms with E-state index >= 15 is 0 Å². The van der Waals surface area contributed by atoms with Gasteiger partial charge in [-0.15, -0.1) is 0 Å². The minimum absolute atomic E-state index is 0.304. The van der Waals surface area contributed by atoms with Crippen molar-refractivity contribution in [3.63, 3.8) is 0 Å². The van der Waals surface area contributed by atoms with Crippen LogP contribution in [0.4, 0.5) is 0 Å². The van der Waals surface area contributed by atoms with Gasteiger partial charge >= 0.3 is 153 Å². The second-order valence-electron chi connectivity index (χ2n) is 5.91. The summed E-state index contributed by atoms with van der Waals surface area (Å²) in [4.78, 5) is 11.1. The molecule has 0 spiro atoms. The Labute approximate surface area is 153 Å². The summed E-state index contributed by atoms with van der Waals surface area (Å²) in [7, 11) is 1.52. The third-order valence-electron chi connectivity index (χ3n) is 4.28. The number of aliphatic hydroxyl groups is 1. The van der Waals surface area contributed by atoms with Crippen molar-refractivity contribution < 1.29 is 56.5 Å². The van der Waals surface area contributed by atoms with E-state index < -0.39 is 55.9 Å². The Morgan fingerprint density at radius 1 is 1.29 bits per heavy atom. The molecule has 1 N–H and O–H groups in total. The van der Waals surface area contributed by atoms with Gasteiger partial charge in [0.2, 0.25) is 0 Å². The normalized spacial score (nSPS) is 35.6.